The Bertz CT molecular complexity index is 916. The van der Waals surface area contributed by atoms with E-state index in [4.69, 9.17) is 0 Å². The molecule has 3 aromatic rings. The molecule has 0 aromatic carbocycles. The number of carbonyl (C=O) groups excluding carboxylic acids is 2. The van der Waals surface area contributed by atoms with Crippen molar-refractivity contribution in [1.29, 1.82) is 0 Å². The molecule has 0 aliphatic carbocycles. The third kappa shape index (κ3) is 3.54. The maximum Gasteiger partial charge on any atom is 0.270 e. The number of fused-ring (bicyclic) bond motifs is 1. The quantitative estimate of drug-likeness (QED) is 0.626. The van der Waals surface area contributed by atoms with E-state index in [1.165, 1.54) is 11.3 Å². The van der Waals surface area contributed by atoms with Gasteiger partial charge in [-0.1, -0.05) is 13.8 Å². The molecule has 0 aliphatic heterocycles. The fourth-order valence-corrected chi connectivity index (χ4v) is 3.64. The van der Waals surface area contributed by atoms with Gasteiger partial charge < -0.3 is 10.4 Å². The van der Waals surface area contributed by atoms with Crippen LogP contribution in [0.25, 0.3) is 16.9 Å². The minimum atomic E-state index is -0.336. The van der Waals surface area contributed by atoms with Crippen molar-refractivity contribution in [2.45, 2.75) is 26.3 Å². The van der Waals surface area contributed by atoms with E-state index in [0.29, 0.717) is 34.9 Å². The van der Waals surface area contributed by atoms with Crippen molar-refractivity contribution in [3.63, 3.8) is 0 Å². The van der Waals surface area contributed by atoms with Crippen LogP contribution in [0.1, 0.15) is 41.1 Å². The van der Waals surface area contributed by atoms with Crippen LogP contribution in [0.15, 0.2) is 35.2 Å². The van der Waals surface area contributed by atoms with E-state index in [1.54, 1.807) is 22.7 Å². The second-order valence-electron chi connectivity index (χ2n) is 6.58. The Morgan fingerprint density at radius 2 is 2.23 bits per heavy atom. The maximum atomic E-state index is 13.0. The molecule has 0 saturated heterocycles. The fourth-order valence-electron chi connectivity index (χ4n) is 3.00. The summed E-state index contributed by atoms with van der Waals surface area (Å²) in [5.41, 5.74) is 2.58. The Labute approximate surface area is 155 Å². The molecule has 3 heterocycles. The van der Waals surface area contributed by atoms with Crippen LogP contribution in [-0.4, -0.2) is 39.3 Å². The number of hydrogen-bond acceptors (Lipinski definition) is 5. The number of aldehydes is 1. The lowest BCUT2D eigenvalue weighted by molar-refractivity contribution is 0.0902. The second kappa shape index (κ2) is 7.80. The molecule has 7 heteroatoms. The Kier molecular flexibility index (Phi) is 5.49. The summed E-state index contributed by atoms with van der Waals surface area (Å²) in [6.45, 7) is 3.94. The molecule has 0 saturated carbocycles. The molecule has 0 bridgehead atoms. The Morgan fingerprint density at radius 3 is 2.85 bits per heavy atom. The van der Waals surface area contributed by atoms with Crippen LogP contribution in [0.3, 0.4) is 0 Å². The van der Waals surface area contributed by atoms with E-state index in [2.05, 4.69) is 10.3 Å². The Morgan fingerprint density at radius 1 is 1.42 bits per heavy atom. The van der Waals surface area contributed by atoms with Crippen molar-refractivity contribution in [2.75, 3.05) is 6.61 Å². The zero-order valence-corrected chi connectivity index (χ0v) is 15.5. The molecule has 1 amide bonds. The van der Waals surface area contributed by atoms with Gasteiger partial charge in [0.2, 0.25) is 0 Å². The number of amides is 1. The van der Waals surface area contributed by atoms with Crippen molar-refractivity contribution in [3.05, 3.63) is 46.4 Å². The van der Waals surface area contributed by atoms with Crippen LogP contribution in [0.5, 0.6) is 0 Å². The van der Waals surface area contributed by atoms with E-state index in [1.807, 2.05) is 30.7 Å². The summed E-state index contributed by atoms with van der Waals surface area (Å²) >= 11 is 1.51. The molecule has 3 aromatic heterocycles. The molecule has 2 N–H and O–H groups in total. The number of carbonyl (C=O) groups is 2. The molecular formula is C19H21N3O3S. The number of imidazole rings is 1. The van der Waals surface area contributed by atoms with E-state index < -0.39 is 0 Å². The summed E-state index contributed by atoms with van der Waals surface area (Å²) in [7, 11) is 0. The first-order valence-corrected chi connectivity index (χ1v) is 9.40. The topological polar surface area (TPSA) is 83.7 Å². The average molecular weight is 371 g/mol. The van der Waals surface area contributed by atoms with Gasteiger partial charge in [0.15, 0.2) is 6.29 Å². The highest BCUT2D eigenvalue weighted by Gasteiger charge is 2.24. The highest BCUT2D eigenvalue weighted by atomic mass is 32.1. The Hall–Kier alpha value is -2.51. The number of thiophene rings is 1. The van der Waals surface area contributed by atoms with Gasteiger partial charge in [-0.3, -0.25) is 14.0 Å². The number of aromatic nitrogens is 2. The van der Waals surface area contributed by atoms with E-state index in [9.17, 15) is 14.7 Å². The van der Waals surface area contributed by atoms with Crippen molar-refractivity contribution in [1.82, 2.24) is 14.7 Å². The van der Waals surface area contributed by atoms with Gasteiger partial charge in [-0.15, -0.1) is 0 Å². The normalized spacial score (nSPS) is 12.5. The van der Waals surface area contributed by atoms with Gasteiger partial charge in [0.05, 0.1) is 18.2 Å². The number of aliphatic hydroxyl groups excluding tert-OH is 1. The molecule has 0 fully saturated rings. The van der Waals surface area contributed by atoms with Crippen LogP contribution in [-0.2, 0) is 0 Å². The lowest BCUT2D eigenvalue weighted by atomic mass is 10.0. The predicted octanol–water partition coefficient (Wildman–Crippen LogP) is 3.01. The summed E-state index contributed by atoms with van der Waals surface area (Å²) < 4.78 is 1.63. The fraction of sp³-hybridized carbons (Fsp3) is 0.316. The zero-order chi connectivity index (χ0) is 18.7. The number of nitrogens with one attached hydrogen (secondary N) is 1. The first kappa shape index (κ1) is 18.3. The standard InChI is InChI=1S/C19H21N3O3S/c1-12(2)8-15(10-24)20-19(25)17-16(14-5-7-26-11-14)21-18-13(9-23)4-3-6-22(17)18/h3-7,9,11-12,15,24H,8,10H2,1-2H3,(H,20,25). The molecule has 0 radical (unpaired) electrons. The minimum absolute atomic E-state index is 0.131. The SMILES string of the molecule is CC(C)CC(CO)NC(=O)c1c(-c2ccsc2)nc2c(C=O)cccn12. The van der Waals surface area contributed by atoms with Crippen molar-refractivity contribution < 1.29 is 14.7 Å². The first-order valence-electron chi connectivity index (χ1n) is 8.45. The largest absolute Gasteiger partial charge is 0.394 e. The maximum absolute atomic E-state index is 13.0. The molecule has 1 atom stereocenters. The van der Waals surface area contributed by atoms with Crippen molar-refractivity contribution >= 4 is 29.2 Å². The summed E-state index contributed by atoms with van der Waals surface area (Å²) in [6.07, 6.45) is 3.12. The van der Waals surface area contributed by atoms with Gasteiger partial charge in [-0.05, 0) is 35.9 Å². The number of rotatable bonds is 7. The van der Waals surface area contributed by atoms with Crippen LogP contribution in [0, 0.1) is 5.92 Å². The lowest BCUT2D eigenvalue weighted by Crippen LogP contribution is -2.39. The summed E-state index contributed by atoms with van der Waals surface area (Å²) in [5, 5.41) is 16.3. The van der Waals surface area contributed by atoms with E-state index >= 15 is 0 Å². The van der Waals surface area contributed by atoms with Crippen LogP contribution in [0.4, 0.5) is 0 Å². The third-order valence-corrected chi connectivity index (χ3v) is 4.81. The Balaban J connectivity index is 2.09. The van der Waals surface area contributed by atoms with Gasteiger partial charge in [-0.2, -0.15) is 11.3 Å². The molecular weight excluding hydrogens is 350 g/mol. The van der Waals surface area contributed by atoms with Crippen molar-refractivity contribution in [2.24, 2.45) is 5.92 Å². The molecule has 6 nitrogen and oxygen atoms in total. The van der Waals surface area contributed by atoms with Crippen LogP contribution < -0.4 is 5.32 Å². The summed E-state index contributed by atoms with van der Waals surface area (Å²) in [5.74, 6) is 0.0223. The highest BCUT2D eigenvalue weighted by molar-refractivity contribution is 7.08. The van der Waals surface area contributed by atoms with Crippen LogP contribution >= 0.6 is 11.3 Å². The molecule has 0 spiro atoms. The van der Waals surface area contributed by atoms with Gasteiger partial charge in [0.1, 0.15) is 17.0 Å². The first-order chi connectivity index (χ1) is 12.5. The molecule has 136 valence electrons. The third-order valence-electron chi connectivity index (χ3n) is 4.13. The van der Waals surface area contributed by atoms with E-state index in [0.717, 1.165) is 11.8 Å². The number of nitrogens with zero attached hydrogens (tertiary/aromatic N) is 2. The molecule has 26 heavy (non-hydrogen) atoms. The van der Waals surface area contributed by atoms with Gasteiger partial charge in [0.25, 0.3) is 5.91 Å². The monoisotopic (exact) mass is 371 g/mol. The zero-order valence-electron chi connectivity index (χ0n) is 14.7. The van der Waals surface area contributed by atoms with Gasteiger partial charge in [-0.25, -0.2) is 4.98 Å². The summed E-state index contributed by atoms with van der Waals surface area (Å²) in [4.78, 5) is 28.9. The number of aliphatic hydroxyl groups is 1. The smallest absolute Gasteiger partial charge is 0.270 e. The number of pyridine rings is 1. The average Bonchev–Trinajstić information content (AvgIpc) is 3.27. The molecule has 0 aliphatic rings. The highest BCUT2D eigenvalue weighted by Crippen LogP contribution is 2.27. The predicted molar refractivity (Wildman–Crippen MR) is 102 cm³/mol. The van der Waals surface area contributed by atoms with Gasteiger partial charge in [0, 0.05) is 17.1 Å². The van der Waals surface area contributed by atoms with Crippen molar-refractivity contribution in [3.8, 4) is 11.3 Å². The number of hydrogen-bond donors (Lipinski definition) is 2. The van der Waals surface area contributed by atoms with Gasteiger partial charge >= 0.3 is 0 Å². The van der Waals surface area contributed by atoms with Crippen LogP contribution in [0.2, 0.25) is 0 Å². The summed E-state index contributed by atoms with van der Waals surface area (Å²) in [6, 6.07) is 4.94. The lowest BCUT2D eigenvalue weighted by Gasteiger charge is -2.18. The molecule has 3 rings (SSSR count). The van der Waals surface area contributed by atoms with E-state index in [-0.39, 0.29) is 18.6 Å². The molecule has 1 unspecified atom stereocenters. The minimum Gasteiger partial charge on any atom is -0.394 e. The second-order valence-corrected chi connectivity index (χ2v) is 7.36.